The van der Waals surface area contributed by atoms with Gasteiger partial charge in [0.25, 0.3) is 0 Å². The van der Waals surface area contributed by atoms with Crippen molar-refractivity contribution in [2.24, 2.45) is 11.8 Å². The summed E-state index contributed by atoms with van der Waals surface area (Å²) in [4.78, 5) is 22.1. The number of carbonyl (C=O) groups excluding carboxylic acids is 1. The van der Waals surface area contributed by atoms with Gasteiger partial charge in [-0.05, 0) is 43.4 Å². The van der Waals surface area contributed by atoms with Gasteiger partial charge in [-0.15, -0.1) is 0 Å². The zero-order valence-electron chi connectivity index (χ0n) is 12.4. The lowest BCUT2D eigenvalue weighted by atomic mass is 9.93. The van der Waals surface area contributed by atoms with Crippen molar-refractivity contribution in [2.75, 3.05) is 13.1 Å². The van der Waals surface area contributed by atoms with Gasteiger partial charge in [-0.3, -0.25) is 4.79 Å². The first-order chi connectivity index (χ1) is 10.2. The monoisotopic (exact) mass is 283 g/mol. The Balaban J connectivity index is 1.43. The smallest absolute Gasteiger partial charge is 0.225 e. The maximum atomic E-state index is 12.3. The molecular formula is C17H21N3O. The number of hydrogen-bond acceptors (Lipinski definition) is 2. The number of pyridine rings is 1. The van der Waals surface area contributed by atoms with Crippen molar-refractivity contribution in [3.05, 3.63) is 30.1 Å². The Bertz CT molecular complexity index is 636. The third-order valence-electron chi connectivity index (χ3n) is 5.09. The van der Waals surface area contributed by atoms with Crippen LogP contribution in [-0.2, 0) is 4.79 Å². The summed E-state index contributed by atoms with van der Waals surface area (Å²) in [6, 6.07) is 6.28. The summed E-state index contributed by atoms with van der Waals surface area (Å²) in [5, 5.41) is 1.18. The Kier molecular flexibility index (Phi) is 2.98. The molecule has 2 atom stereocenters. The number of H-pyrrole nitrogens is 1. The van der Waals surface area contributed by atoms with Gasteiger partial charge in [0.2, 0.25) is 5.91 Å². The highest BCUT2D eigenvalue weighted by molar-refractivity contribution is 5.81. The molecule has 1 saturated heterocycles. The number of fused-ring (bicyclic) bond motifs is 1. The molecule has 1 amide bonds. The molecular weight excluding hydrogens is 262 g/mol. The van der Waals surface area contributed by atoms with Crippen LogP contribution in [-0.4, -0.2) is 33.9 Å². The van der Waals surface area contributed by atoms with Crippen LogP contribution >= 0.6 is 0 Å². The topological polar surface area (TPSA) is 49.0 Å². The molecule has 21 heavy (non-hydrogen) atoms. The molecule has 3 heterocycles. The van der Waals surface area contributed by atoms with Gasteiger partial charge in [-0.25, -0.2) is 4.98 Å². The predicted octanol–water partition coefficient (Wildman–Crippen LogP) is 2.92. The van der Waals surface area contributed by atoms with Gasteiger partial charge < -0.3 is 9.88 Å². The van der Waals surface area contributed by atoms with Crippen LogP contribution in [0.25, 0.3) is 11.0 Å². The SMILES string of the molecule is CC1CC1C(=O)N1CCC(c2cc3cccnc3[nH]2)CC1. The van der Waals surface area contributed by atoms with E-state index in [1.807, 2.05) is 12.3 Å². The summed E-state index contributed by atoms with van der Waals surface area (Å²) in [6.07, 6.45) is 5.02. The molecule has 0 bridgehead atoms. The molecule has 1 aliphatic heterocycles. The van der Waals surface area contributed by atoms with E-state index in [2.05, 4.69) is 33.9 Å². The first-order valence-electron chi connectivity index (χ1n) is 7.95. The van der Waals surface area contributed by atoms with Crippen molar-refractivity contribution in [2.45, 2.75) is 32.1 Å². The van der Waals surface area contributed by atoms with Gasteiger partial charge in [0.15, 0.2) is 0 Å². The third kappa shape index (κ3) is 2.33. The zero-order valence-corrected chi connectivity index (χ0v) is 12.4. The maximum Gasteiger partial charge on any atom is 0.225 e. The Morgan fingerprint density at radius 2 is 2.14 bits per heavy atom. The van der Waals surface area contributed by atoms with Gasteiger partial charge in [-0.1, -0.05) is 6.92 Å². The molecule has 1 saturated carbocycles. The molecule has 110 valence electrons. The number of aromatic amines is 1. The lowest BCUT2D eigenvalue weighted by molar-refractivity contribution is -0.133. The van der Waals surface area contributed by atoms with Crippen molar-refractivity contribution in [1.29, 1.82) is 0 Å². The Hall–Kier alpha value is -1.84. The summed E-state index contributed by atoms with van der Waals surface area (Å²) in [6.45, 7) is 3.97. The molecule has 2 fully saturated rings. The molecule has 2 unspecified atom stereocenters. The average Bonchev–Trinajstić information content (AvgIpc) is 3.09. The molecule has 1 N–H and O–H groups in total. The maximum absolute atomic E-state index is 12.3. The summed E-state index contributed by atoms with van der Waals surface area (Å²) in [7, 11) is 0. The van der Waals surface area contributed by atoms with Crippen molar-refractivity contribution in [1.82, 2.24) is 14.9 Å². The fraction of sp³-hybridized carbons (Fsp3) is 0.529. The summed E-state index contributed by atoms with van der Waals surface area (Å²) >= 11 is 0. The lowest BCUT2D eigenvalue weighted by Gasteiger charge is -2.31. The minimum absolute atomic E-state index is 0.318. The average molecular weight is 283 g/mol. The summed E-state index contributed by atoms with van der Waals surface area (Å²) < 4.78 is 0. The Morgan fingerprint density at radius 1 is 1.38 bits per heavy atom. The van der Waals surface area contributed by atoms with Gasteiger partial charge in [-0.2, -0.15) is 0 Å². The van der Waals surface area contributed by atoms with Crippen LogP contribution in [0.4, 0.5) is 0 Å². The van der Waals surface area contributed by atoms with E-state index in [9.17, 15) is 4.79 Å². The van der Waals surface area contributed by atoms with E-state index in [1.54, 1.807) is 0 Å². The predicted molar refractivity (Wildman–Crippen MR) is 81.9 cm³/mol. The molecule has 0 aromatic carbocycles. The number of aromatic nitrogens is 2. The minimum Gasteiger partial charge on any atom is -0.343 e. The van der Waals surface area contributed by atoms with Crippen LogP contribution in [0.1, 0.15) is 37.8 Å². The van der Waals surface area contributed by atoms with Crippen LogP contribution in [0.5, 0.6) is 0 Å². The molecule has 0 radical (unpaired) electrons. The van der Waals surface area contributed by atoms with E-state index in [0.29, 0.717) is 23.7 Å². The molecule has 4 rings (SSSR count). The summed E-state index contributed by atoms with van der Waals surface area (Å²) in [5.41, 5.74) is 2.24. The quantitative estimate of drug-likeness (QED) is 0.921. The second kappa shape index (κ2) is 4.86. The molecule has 4 nitrogen and oxygen atoms in total. The fourth-order valence-corrected chi connectivity index (χ4v) is 3.51. The van der Waals surface area contributed by atoms with E-state index >= 15 is 0 Å². The third-order valence-corrected chi connectivity index (χ3v) is 5.09. The second-order valence-corrected chi connectivity index (χ2v) is 6.58. The highest BCUT2D eigenvalue weighted by atomic mass is 16.2. The van der Waals surface area contributed by atoms with Gasteiger partial charge >= 0.3 is 0 Å². The van der Waals surface area contributed by atoms with Crippen LogP contribution in [0.15, 0.2) is 24.4 Å². The van der Waals surface area contributed by atoms with E-state index < -0.39 is 0 Å². The fourth-order valence-electron chi connectivity index (χ4n) is 3.51. The van der Waals surface area contributed by atoms with Crippen LogP contribution in [0, 0.1) is 11.8 Å². The number of nitrogens with one attached hydrogen (secondary N) is 1. The number of rotatable bonds is 2. The highest BCUT2D eigenvalue weighted by Crippen LogP contribution is 2.40. The van der Waals surface area contributed by atoms with E-state index in [4.69, 9.17) is 0 Å². The van der Waals surface area contributed by atoms with Crippen LogP contribution in [0.3, 0.4) is 0 Å². The standard InChI is InChI=1S/C17H21N3O/c1-11-9-14(11)17(21)20-7-4-12(5-8-20)15-10-13-3-2-6-18-16(13)19-15/h2-3,6,10-12,14H,4-5,7-9H2,1H3,(H,18,19). The first-order valence-corrected chi connectivity index (χ1v) is 7.95. The summed E-state index contributed by atoms with van der Waals surface area (Å²) in [5.74, 6) is 1.84. The van der Waals surface area contributed by atoms with E-state index in [1.165, 1.54) is 11.1 Å². The van der Waals surface area contributed by atoms with E-state index in [-0.39, 0.29) is 0 Å². The number of carbonyl (C=O) groups is 1. The molecule has 2 aromatic heterocycles. The largest absolute Gasteiger partial charge is 0.343 e. The van der Waals surface area contributed by atoms with Gasteiger partial charge in [0.05, 0.1) is 0 Å². The minimum atomic E-state index is 0.318. The van der Waals surface area contributed by atoms with Crippen molar-refractivity contribution >= 4 is 16.9 Å². The molecule has 2 aromatic rings. The number of nitrogens with zero attached hydrogens (tertiary/aromatic N) is 2. The Labute approximate surface area is 124 Å². The zero-order chi connectivity index (χ0) is 14.4. The van der Waals surface area contributed by atoms with Crippen molar-refractivity contribution in [3.8, 4) is 0 Å². The molecule has 0 spiro atoms. The number of amides is 1. The molecule has 2 aliphatic rings. The van der Waals surface area contributed by atoms with Gasteiger partial charge in [0, 0.05) is 42.2 Å². The van der Waals surface area contributed by atoms with Gasteiger partial charge in [0.1, 0.15) is 5.65 Å². The van der Waals surface area contributed by atoms with Crippen LogP contribution < -0.4 is 0 Å². The second-order valence-electron chi connectivity index (χ2n) is 6.58. The number of likely N-dealkylation sites (tertiary alicyclic amines) is 1. The lowest BCUT2D eigenvalue weighted by Crippen LogP contribution is -2.39. The number of hydrogen-bond donors (Lipinski definition) is 1. The number of piperidine rings is 1. The normalized spacial score (nSPS) is 26.2. The molecule has 4 heteroatoms. The highest BCUT2D eigenvalue weighted by Gasteiger charge is 2.42. The van der Waals surface area contributed by atoms with Crippen molar-refractivity contribution < 1.29 is 4.79 Å². The molecule has 1 aliphatic carbocycles. The first kappa shape index (κ1) is 12.9. The Morgan fingerprint density at radius 3 is 2.81 bits per heavy atom. The van der Waals surface area contributed by atoms with Crippen LogP contribution in [0.2, 0.25) is 0 Å². The van der Waals surface area contributed by atoms with E-state index in [0.717, 1.165) is 38.0 Å². The van der Waals surface area contributed by atoms with Crippen molar-refractivity contribution in [3.63, 3.8) is 0 Å².